The maximum absolute atomic E-state index is 12.1. The number of hydrogen-bond donors (Lipinski definition) is 2. The molecule has 0 saturated heterocycles. The van der Waals surface area contributed by atoms with E-state index in [9.17, 15) is 14.4 Å². The molecular formula is C18H18N2O7. The zero-order valence-electron chi connectivity index (χ0n) is 14.5. The second-order valence-corrected chi connectivity index (χ2v) is 5.68. The zero-order chi connectivity index (χ0) is 19.2. The molecule has 0 unspecified atom stereocenters. The molecule has 0 radical (unpaired) electrons. The molecule has 9 nitrogen and oxygen atoms in total. The summed E-state index contributed by atoms with van der Waals surface area (Å²) in [4.78, 5) is 35.8. The Morgan fingerprint density at radius 3 is 2.74 bits per heavy atom. The molecule has 1 aliphatic rings. The molecule has 1 aromatic carbocycles. The molecule has 2 N–H and O–H groups in total. The normalized spacial score (nSPS) is 12.9. The van der Waals surface area contributed by atoms with E-state index in [0.29, 0.717) is 22.8 Å². The molecule has 9 heteroatoms. The van der Waals surface area contributed by atoms with Gasteiger partial charge in [0.15, 0.2) is 17.6 Å². The number of benzene rings is 1. The van der Waals surface area contributed by atoms with E-state index in [0.717, 1.165) is 0 Å². The van der Waals surface area contributed by atoms with Crippen LogP contribution in [0.3, 0.4) is 0 Å². The number of amides is 2. The topological polar surface area (TPSA) is 116 Å². The number of nitrogens with one attached hydrogen (secondary N) is 2. The van der Waals surface area contributed by atoms with E-state index in [1.165, 1.54) is 19.3 Å². The molecule has 0 saturated carbocycles. The van der Waals surface area contributed by atoms with E-state index < -0.39 is 23.9 Å². The number of carbonyl (C=O) groups excluding carboxylic acids is 3. The smallest absolute Gasteiger partial charge is 0.326 e. The van der Waals surface area contributed by atoms with E-state index in [1.807, 2.05) is 0 Å². The van der Waals surface area contributed by atoms with E-state index in [-0.39, 0.29) is 19.9 Å². The largest absolute Gasteiger partial charge is 0.467 e. The fourth-order valence-electron chi connectivity index (χ4n) is 2.32. The fourth-order valence-corrected chi connectivity index (χ4v) is 2.32. The van der Waals surface area contributed by atoms with E-state index in [2.05, 4.69) is 10.6 Å². The van der Waals surface area contributed by atoms with Crippen LogP contribution >= 0.6 is 0 Å². The number of carbonyl (C=O) groups is 3. The third kappa shape index (κ3) is 4.78. The highest BCUT2D eigenvalue weighted by Gasteiger charge is 2.20. The van der Waals surface area contributed by atoms with Crippen LogP contribution in [-0.4, -0.2) is 37.2 Å². The SMILES string of the molecule is C[C@@H](OC(=O)CNC(=O)c1ccc2c(c1)OCO2)C(=O)NCc1ccco1. The van der Waals surface area contributed by atoms with Crippen LogP contribution in [0.5, 0.6) is 11.5 Å². The monoisotopic (exact) mass is 374 g/mol. The summed E-state index contributed by atoms with van der Waals surface area (Å²) in [7, 11) is 0. The molecule has 27 heavy (non-hydrogen) atoms. The highest BCUT2D eigenvalue weighted by Crippen LogP contribution is 2.32. The van der Waals surface area contributed by atoms with Gasteiger partial charge in [0.25, 0.3) is 11.8 Å². The van der Waals surface area contributed by atoms with E-state index >= 15 is 0 Å². The predicted octanol–water partition coefficient (Wildman–Crippen LogP) is 0.986. The van der Waals surface area contributed by atoms with Gasteiger partial charge in [0.05, 0.1) is 12.8 Å². The van der Waals surface area contributed by atoms with Gasteiger partial charge < -0.3 is 29.3 Å². The molecule has 1 aliphatic heterocycles. The lowest BCUT2D eigenvalue weighted by molar-refractivity contribution is -0.153. The summed E-state index contributed by atoms with van der Waals surface area (Å²) in [6.07, 6.45) is 0.489. The number of rotatable bonds is 7. The standard InChI is InChI=1S/C18H18N2O7/c1-11(17(22)19-8-13-3-2-6-24-13)27-16(21)9-20-18(23)12-4-5-14-15(7-12)26-10-25-14/h2-7,11H,8-10H2,1H3,(H,19,22)(H,20,23)/t11-/m1/s1. The molecule has 2 aromatic rings. The number of furan rings is 1. The summed E-state index contributed by atoms with van der Waals surface area (Å²) in [5.74, 6) is -0.0722. The van der Waals surface area contributed by atoms with Crippen LogP contribution in [0.1, 0.15) is 23.0 Å². The molecule has 1 aromatic heterocycles. The molecule has 2 amide bonds. The van der Waals surface area contributed by atoms with Crippen LogP contribution in [0, 0.1) is 0 Å². The maximum Gasteiger partial charge on any atom is 0.326 e. The van der Waals surface area contributed by atoms with E-state index in [4.69, 9.17) is 18.6 Å². The summed E-state index contributed by atoms with van der Waals surface area (Å²) in [6.45, 7) is 1.36. The van der Waals surface area contributed by atoms with Crippen LogP contribution in [-0.2, 0) is 20.9 Å². The van der Waals surface area contributed by atoms with Gasteiger partial charge in [-0.2, -0.15) is 0 Å². The first-order valence-corrected chi connectivity index (χ1v) is 8.20. The van der Waals surface area contributed by atoms with Crippen molar-refractivity contribution in [1.29, 1.82) is 0 Å². The van der Waals surface area contributed by atoms with Gasteiger partial charge in [-0.25, -0.2) is 0 Å². The van der Waals surface area contributed by atoms with Crippen molar-refractivity contribution in [2.24, 2.45) is 0 Å². The second-order valence-electron chi connectivity index (χ2n) is 5.68. The lowest BCUT2D eigenvalue weighted by atomic mass is 10.2. The third-order valence-corrected chi connectivity index (χ3v) is 3.72. The van der Waals surface area contributed by atoms with Crippen LogP contribution < -0.4 is 20.1 Å². The van der Waals surface area contributed by atoms with Crippen molar-refractivity contribution >= 4 is 17.8 Å². The molecule has 0 bridgehead atoms. The Kier molecular flexibility index (Phi) is 5.60. The van der Waals surface area contributed by atoms with Gasteiger partial charge in [-0.3, -0.25) is 14.4 Å². The minimum atomic E-state index is -1.00. The van der Waals surface area contributed by atoms with Crippen LogP contribution in [0.2, 0.25) is 0 Å². The predicted molar refractivity (Wildman–Crippen MR) is 91.0 cm³/mol. The van der Waals surface area contributed by atoms with Gasteiger partial charge in [-0.05, 0) is 37.3 Å². The number of esters is 1. The van der Waals surface area contributed by atoms with E-state index in [1.54, 1.807) is 24.3 Å². The summed E-state index contributed by atoms with van der Waals surface area (Å²) in [6, 6.07) is 8.10. The minimum absolute atomic E-state index is 0.104. The first kappa shape index (κ1) is 18.3. The molecule has 2 heterocycles. The fraction of sp³-hybridized carbons (Fsp3) is 0.278. The lowest BCUT2D eigenvalue weighted by Gasteiger charge is -2.13. The average molecular weight is 374 g/mol. The van der Waals surface area contributed by atoms with Gasteiger partial charge in [0, 0.05) is 5.56 Å². The molecule has 0 spiro atoms. The van der Waals surface area contributed by atoms with Crippen molar-refractivity contribution in [2.75, 3.05) is 13.3 Å². The highest BCUT2D eigenvalue weighted by atomic mass is 16.7. The summed E-state index contributed by atoms with van der Waals surface area (Å²) in [5.41, 5.74) is 0.316. The maximum atomic E-state index is 12.1. The van der Waals surface area contributed by atoms with Gasteiger partial charge in [-0.1, -0.05) is 0 Å². The highest BCUT2D eigenvalue weighted by molar-refractivity contribution is 5.96. The van der Waals surface area contributed by atoms with Crippen LogP contribution in [0.25, 0.3) is 0 Å². The van der Waals surface area contributed by atoms with Crippen LogP contribution in [0.15, 0.2) is 41.0 Å². The molecule has 142 valence electrons. The molecule has 1 atom stereocenters. The van der Waals surface area contributed by atoms with Crippen LogP contribution in [0.4, 0.5) is 0 Å². The Morgan fingerprint density at radius 1 is 1.15 bits per heavy atom. The third-order valence-electron chi connectivity index (χ3n) is 3.72. The summed E-state index contributed by atoms with van der Waals surface area (Å²) in [5, 5.41) is 5.01. The van der Waals surface area contributed by atoms with Crippen molar-refractivity contribution in [2.45, 2.75) is 19.6 Å². The Balaban J connectivity index is 1.42. The first-order chi connectivity index (χ1) is 13.0. The van der Waals surface area contributed by atoms with Crippen molar-refractivity contribution in [3.8, 4) is 11.5 Å². The second kappa shape index (κ2) is 8.26. The number of ether oxygens (including phenoxy) is 3. The molecule has 0 fully saturated rings. The quantitative estimate of drug-likeness (QED) is 0.694. The van der Waals surface area contributed by atoms with Crippen molar-refractivity contribution < 1.29 is 33.0 Å². The zero-order valence-corrected chi connectivity index (χ0v) is 14.5. The lowest BCUT2D eigenvalue weighted by Crippen LogP contribution is -2.38. The summed E-state index contributed by atoms with van der Waals surface area (Å²) < 4.78 is 20.5. The van der Waals surface area contributed by atoms with Crippen molar-refractivity contribution in [3.63, 3.8) is 0 Å². The Hall–Kier alpha value is -3.49. The first-order valence-electron chi connectivity index (χ1n) is 8.20. The Morgan fingerprint density at radius 2 is 1.96 bits per heavy atom. The molecular weight excluding hydrogens is 356 g/mol. The summed E-state index contributed by atoms with van der Waals surface area (Å²) >= 11 is 0. The number of hydrogen-bond acceptors (Lipinski definition) is 7. The van der Waals surface area contributed by atoms with Gasteiger partial charge >= 0.3 is 5.97 Å². The Bertz CT molecular complexity index is 832. The molecule has 3 rings (SSSR count). The Labute approximate surface area is 154 Å². The number of fused-ring (bicyclic) bond motifs is 1. The van der Waals surface area contributed by atoms with Gasteiger partial charge in [0.2, 0.25) is 6.79 Å². The molecule has 0 aliphatic carbocycles. The minimum Gasteiger partial charge on any atom is -0.467 e. The van der Waals surface area contributed by atoms with Crippen molar-refractivity contribution in [1.82, 2.24) is 10.6 Å². The van der Waals surface area contributed by atoms with Crippen molar-refractivity contribution in [3.05, 3.63) is 47.9 Å². The van der Waals surface area contributed by atoms with Gasteiger partial charge in [0.1, 0.15) is 12.3 Å². The van der Waals surface area contributed by atoms with Gasteiger partial charge in [-0.15, -0.1) is 0 Å². The average Bonchev–Trinajstić information content (AvgIpc) is 3.34.